The second kappa shape index (κ2) is 4.04. The molecule has 0 amide bonds. The van der Waals surface area contributed by atoms with Gasteiger partial charge in [0.15, 0.2) is 0 Å². The highest BCUT2D eigenvalue weighted by Gasteiger charge is 2.12. The molecular formula is C15H10O3. The van der Waals surface area contributed by atoms with E-state index in [1.807, 2.05) is 42.5 Å². The van der Waals surface area contributed by atoms with E-state index in [1.165, 1.54) is 6.26 Å². The monoisotopic (exact) mass is 238 g/mol. The second-order valence-corrected chi connectivity index (χ2v) is 4.03. The number of rotatable bonds is 2. The summed E-state index contributed by atoms with van der Waals surface area (Å²) in [6.45, 7) is 0. The van der Waals surface area contributed by atoms with Crippen LogP contribution in [0, 0.1) is 0 Å². The first kappa shape index (κ1) is 10.6. The molecule has 0 radical (unpaired) electrons. The molecule has 0 aliphatic carbocycles. The maximum absolute atomic E-state index is 11.1. The predicted molar refractivity (Wildman–Crippen MR) is 68.6 cm³/mol. The summed E-state index contributed by atoms with van der Waals surface area (Å²) < 4.78 is 5.22. The van der Waals surface area contributed by atoms with Crippen molar-refractivity contribution in [3.8, 4) is 11.1 Å². The molecule has 0 aliphatic rings. The van der Waals surface area contributed by atoms with Crippen LogP contribution in [0.4, 0.5) is 0 Å². The standard InChI is InChI=1S/C15H10O3/c16-15(17)13-9-18-14-7-6-11(8-12(13)14)10-4-2-1-3-5-10/h1-9H,(H,16,17). The van der Waals surface area contributed by atoms with Crippen LogP contribution in [-0.4, -0.2) is 11.1 Å². The van der Waals surface area contributed by atoms with Gasteiger partial charge in [0.05, 0.1) is 0 Å². The number of carbonyl (C=O) groups is 1. The molecule has 0 saturated carbocycles. The summed E-state index contributed by atoms with van der Waals surface area (Å²) in [6.07, 6.45) is 1.28. The molecule has 0 saturated heterocycles. The number of carboxylic acids is 1. The van der Waals surface area contributed by atoms with Crippen LogP contribution in [-0.2, 0) is 0 Å². The zero-order valence-corrected chi connectivity index (χ0v) is 9.46. The molecule has 1 heterocycles. The van der Waals surface area contributed by atoms with Crippen molar-refractivity contribution in [1.82, 2.24) is 0 Å². The molecule has 88 valence electrons. The van der Waals surface area contributed by atoms with Crippen LogP contribution in [0.5, 0.6) is 0 Å². The van der Waals surface area contributed by atoms with Crippen molar-refractivity contribution in [2.24, 2.45) is 0 Å². The van der Waals surface area contributed by atoms with E-state index in [0.717, 1.165) is 11.1 Å². The van der Waals surface area contributed by atoms with Gasteiger partial charge in [-0.05, 0) is 23.3 Å². The van der Waals surface area contributed by atoms with Crippen LogP contribution in [0.3, 0.4) is 0 Å². The Morgan fingerprint density at radius 1 is 1.00 bits per heavy atom. The Balaban J connectivity index is 2.21. The first-order chi connectivity index (χ1) is 8.75. The molecule has 2 aromatic carbocycles. The lowest BCUT2D eigenvalue weighted by atomic mass is 10.0. The van der Waals surface area contributed by atoms with Gasteiger partial charge in [0.1, 0.15) is 17.4 Å². The number of fused-ring (bicyclic) bond motifs is 1. The summed E-state index contributed by atoms with van der Waals surface area (Å²) in [6, 6.07) is 15.4. The maximum Gasteiger partial charge on any atom is 0.339 e. The van der Waals surface area contributed by atoms with E-state index < -0.39 is 5.97 Å². The first-order valence-electron chi connectivity index (χ1n) is 5.55. The summed E-state index contributed by atoms with van der Waals surface area (Å²) in [5.41, 5.74) is 2.82. The molecule has 18 heavy (non-hydrogen) atoms. The molecule has 0 bridgehead atoms. The molecule has 0 fully saturated rings. The van der Waals surface area contributed by atoms with Crippen LogP contribution in [0.1, 0.15) is 10.4 Å². The second-order valence-electron chi connectivity index (χ2n) is 4.03. The van der Waals surface area contributed by atoms with Crippen molar-refractivity contribution < 1.29 is 14.3 Å². The summed E-state index contributed by atoms with van der Waals surface area (Å²) in [7, 11) is 0. The highest BCUT2D eigenvalue weighted by atomic mass is 16.4. The lowest BCUT2D eigenvalue weighted by Gasteiger charge is -2.01. The zero-order chi connectivity index (χ0) is 12.5. The summed E-state index contributed by atoms with van der Waals surface area (Å²) in [5.74, 6) is -0.973. The largest absolute Gasteiger partial charge is 0.478 e. The van der Waals surface area contributed by atoms with E-state index in [2.05, 4.69) is 0 Å². The Morgan fingerprint density at radius 2 is 1.78 bits per heavy atom. The SMILES string of the molecule is O=C(O)c1coc2ccc(-c3ccccc3)cc12. The molecule has 3 aromatic rings. The van der Waals surface area contributed by atoms with Crippen LogP contribution in [0.25, 0.3) is 22.1 Å². The third-order valence-corrected chi connectivity index (χ3v) is 2.91. The van der Waals surface area contributed by atoms with Gasteiger partial charge in [-0.1, -0.05) is 36.4 Å². The molecule has 3 rings (SSSR count). The predicted octanol–water partition coefficient (Wildman–Crippen LogP) is 3.80. The van der Waals surface area contributed by atoms with Gasteiger partial charge >= 0.3 is 5.97 Å². The summed E-state index contributed by atoms with van der Waals surface area (Å²) in [4.78, 5) is 11.1. The molecule has 0 atom stereocenters. The minimum Gasteiger partial charge on any atom is -0.478 e. The lowest BCUT2D eigenvalue weighted by Crippen LogP contribution is -1.93. The molecule has 3 nitrogen and oxygen atoms in total. The number of aromatic carboxylic acids is 1. The molecule has 3 heteroatoms. The molecule has 0 aliphatic heterocycles. The summed E-state index contributed by atoms with van der Waals surface area (Å²) in [5, 5.41) is 9.70. The number of benzene rings is 2. The molecule has 1 N–H and O–H groups in total. The summed E-state index contributed by atoms with van der Waals surface area (Å²) >= 11 is 0. The molecule has 0 unspecified atom stereocenters. The van der Waals surface area contributed by atoms with E-state index in [0.29, 0.717) is 11.0 Å². The fourth-order valence-electron chi connectivity index (χ4n) is 2.00. The lowest BCUT2D eigenvalue weighted by molar-refractivity contribution is 0.0698. The quantitative estimate of drug-likeness (QED) is 0.738. The van der Waals surface area contributed by atoms with Crippen LogP contribution in [0.15, 0.2) is 59.2 Å². The number of hydrogen-bond donors (Lipinski definition) is 1. The third-order valence-electron chi connectivity index (χ3n) is 2.91. The van der Waals surface area contributed by atoms with Crippen LogP contribution < -0.4 is 0 Å². The first-order valence-corrected chi connectivity index (χ1v) is 5.55. The average Bonchev–Trinajstić information content (AvgIpc) is 2.82. The van der Waals surface area contributed by atoms with E-state index >= 15 is 0 Å². The Labute approximate surface area is 103 Å². The van der Waals surface area contributed by atoms with Gasteiger partial charge in [-0.15, -0.1) is 0 Å². The molecule has 1 aromatic heterocycles. The molecular weight excluding hydrogens is 228 g/mol. The van der Waals surface area contributed by atoms with E-state index in [9.17, 15) is 4.79 Å². The third kappa shape index (κ3) is 1.66. The van der Waals surface area contributed by atoms with Crippen LogP contribution in [0.2, 0.25) is 0 Å². The van der Waals surface area contributed by atoms with Gasteiger partial charge in [-0.2, -0.15) is 0 Å². The Kier molecular flexibility index (Phi) is 2.38. The van der Waals surface area contributed by atoms with E-state index in [4.69, 9.17) is 9.52 Å². The van der Waals surface area contributed by atoms with Crippen molar-refractivity contribution in [3.63, 3.8) is 0 Å². The Morgan fingerprint density at radius 3 is 2.50 bits per heavy atom. The topological polar surface area (TPSA) is 50.4 Å². The van der Waals surface area contributed by atoms with Crippen molar-refractivity contribution >= 4 is 16.9 Å². The van der Waals surface area contributed by atoms with Crippen molar-refractivity contribution in [1.29, 1.82) is 0 Å². The Bertz CT molecular complexity index is 711. The smallest absolute Gasteiger partial charge is 0.339 e. The van der Waals surface area contributed by atoms with Crippen molar-refractivity contribution in [3.05, 3.63) is 60.4 Å². The van der Waals surface area contributed by atoms with Gasteiger partial charge < -0.3 is 9.52 Å². The zero-order valence-electron chi connectivity index (χ0n) is 9.46. The van der Waals surface area contributed by atoms with Crippen molar-refractivity contribution in [2.75, 3.05) is 0 Å². The average molecular weight is 238 g/mol. The van der Waals surface area contributed by atoms with Gasteiger partial charge in [0, 0.05) is 5.39 Å². The van der Waals surface area contributed by atoms with Gasteiger partial charge in [-0.25, -0.2) is 4.79 Å². The normalized spacial score (nSPS) is 10.7. The maximum atomic E-state index is 11.1. The van der Waals surface area contributed by atoms with E-state index in [-0.39, 0.29) is 5.56 Å². The highest BCUT2D eigenvalue weighted by molar-refractivity contribution is 6.03. The van der Waals surface area contributed by atoms with Gasteiger partial charge in [-0.3, -0.25) is 0 Å². The van der Waals surface area contributed by atoms with Gasteiger partial charge in [0.25, 0.3) is 0 Å². The van der Waals surface area contributed by atoms with E-state index in [1.54, 1.807) is 6.07 Å². The highest BCUT2D eigenvalue weighted by Crippen LogP contribution is 2.27. The Hall–Kier alpha value is -2.55. The fraction of sp³-hybridized carbons (Fsp3) is 0. The van der Waals surface area contributed by atoms with Crippen molar-refractivity contribution in [2.45, 2.75) is 0 Å². The molecule has 0 spiro atoms. The minimum absolute atomic E-state index is 0.197. The van der Waals surface area contributed by atoms with Crippen LogP contribution >= 0.6 is 0 Å². The number of carboxylic acid groups (broad SMARTS) is 1. The van der Waals surface area contributed by atoms with Gasteiger partial charge in [0.2, 0.25) is 0 Å². The minimum atomic E-state index is -0.973. The number of hydrogen-bond acceptors (Lipinski definition) is 2. The fourth-order valence-corrected chi connectivity index (χ4v) is 2.00. The number of furan rings is 1.